The van der Waals surface area contributed by atoms with Gasteiger partial charge in [-0.15, -0.1) is 0 Å². The second-order valence-electron chi connectivity index (χ2n) is 6.39. The molecule has 1 heterocycles. The molecule has 0 amide bonds. The molecule has 3 aromatic rings. The second kappa shape index (κ2) is 6.61. The lowest BCUT2D eigenvalue weighted by atomic mass is 9.84. The van der Waals surface area contributed by atoms with Crippen LogP contribution in [0.5, 0.6) is 17.2 Å². The largest absolute Gasteiger partial charge is 0.508 e. The van der Waals surface area contributed by atoms with Gasteiger partial charge in [0.2, 0.25) is 0 Å². The summed E-state index contributed by atoms with van der Waals surface area (Å²) in [6.07, 6.45) is 0.00694. The highest BCUT2D eigenvalue weighted by Crippen LogP contribution is 2.45. The summed E-state index contributed by atoms with van der Waals surface area (Å²) in [7, 11) is 0. The van der Waals surface area contributed by atoms with Gasteiger partial charge in [0.25, 0.3) is 0 Å². The molecule has 1 aliphatic heterocycles. The lowest BCUT2D eigenvalue weighted by Crippen LogP contribution is -2.21. The van der Waals surface area contributed by atoms with Gasteiger partial charge in [0.15, 0.2) is 5.78 Å². The molecule has 4 rings (SSSR count). The van der Waals surface area contributed by atoms with Crippen molar-refractivity contribution >= 4 is 11.8 Å². The van der Waals surface area contributed by atoms with Crippen molar-refractivity contribution < 1.29 is 24.5 Å². The molecule has 1 unspecified atom stereocenters. The lowest BCUT2D eigenvalue weighted by molar-refractivity contribution is -0.135. The minimum Gasteiger partial charge on any atom is -0.508 e. The summed E-state index contributed by atoms with van der Waals surface area (Å²) in [4.78, 5) is 24.8. The normalized spacial score (nSPS) is 15.7. The summed E-state index contributed by atoms with van der Waals surface area (Å²) in [6.45, 7) is 0. The van der Waals surface area contributed by atoms with E-state index < -0.39 is 11.9 Å². The van der Waals surface area contributed by atoms with Crippen LogP contribution in [0.4, 0.5) is 0 Å². The summed E-state index contributed by atoms with van der Waals surface area (Å²) >= 11 is 0. The molecule has 0 aromatic heterocycles. The van der Waals surface area contributed by atoms with Gasteiger partial charge in [-0.3, -0.25) is 9.59 Å². The lowest BCUT2D eigenvalue weighted by Gasteiger charge is -2.26. The topological polar surface area (TPSA) is 83.8 Å². The maximum atomic E-state index is 12.8. The van der Waals surface area contributed by atoms with Crippen LogP contribution in [-0.4, -0.2) is 22.0 Å². The monoisotopic (exact) mass is 360 g/mol. The van der Waals surface area contributed by atoms with Crippen LogP contribution in [0.25, 0.3) is 0 Å². The molecule has 0 spiro atoms. The SMILES string of the molecule is O=C1CC(c2cccc(O)c2)c2c(ccc(C(=O)c3ccccc3)c2O)O1. The number of esters is 1. The summed E-state index contributed by atoms with van der Waals surface area (Å²) in [6, 6.07) is 18.1. The molecule has 0 fully saturated rings. The zero-order valence-corrected chi connectivity index (χ0v) is 14.3. The average molecular weight is 360 g/mol. The van der Waals surface area contributed by atoms with Gasteiger partial charge < -0.3 is 14.9 Å². The molecular weight excluding hydrogens is 344 g/mol. The van der Waals surface area contributed by atoms with Gasteiger partial charge in [0, 0.05) is 17.0 Å². The Balaban J connectivity index is 1.85. The van der Waals surface area contributed by atoms with E-state index in [1.807, 2.05) is 0 Å². The van der Waals surface area contributed by atoms with E-state index >= 15 is 0 Å². The van der Waals surface area contributed by atoms with Crippen molar-refractivity contribution in [2.24, 2.45) is 0 Å². The number of aromatic hydroxyl groups is 2. The first kappa shape index (κ1) is 16.8. The maximum Gasteiger partial charge on any atom is 0.312 e. The van der Waals surface area contributed by atoms with Crippen molar-refractivity contribution in [3.05, 3.63) is 89.0 Å². The van der Waals surface area contributed by atoms with E-state index in [0.717, 1.165) is 0 Å². The highest BCUT2D eigenvalue weighted by atomic mass is 16.5. The Morgan fingerprint density at radius 2 is 1.74 bits per heavy atom. The van der Waals surface area contributed by atoms with E-state index in [0.29, 0.717) is 16.7 Å². The quantitative estimate of drug-likeness (QED) is 0.422. The molecule has 134 valence electrons. The number of carbonyl (C=O) groups is 2. The van der Waals surface area contributed by atoms with Gasteiger partial charge in [0.1, 0.15) is 17.2 Å². The Kier molecular flexibility index (Phi) is 4.12. The fourth-order valence-electron chi connectivity index (χ4n) is 3.40. The molecule has 0 radical (unpaired) electrons. The average Bonchev–Trinajstić information content (AvgIpc) is 2.68. The molecule has 3 aromatic carbocycles. The Hall–Kier alpha value is -3.60. The fraction of sp³-hybridized carbons (Fsp3) is 0.0909. The van der Waals surface area contributed by atoms with Crippen LogP contribution < -0.4 is 4.74 Å². The number of ketones is 1. The van der Waals surface area contributed by atoms with Crippen LogP contribution in [0, 0.1) is 0 Å². The van der Waals surface area contributed by atoms with Crippen molar-refractivity contribution in [1.29, 1.82) is 0 Å². The van der Waals surface area contributed by atoms with Gasteiger partial charge in [0.05, 0.1) is 12.0 Å². The van der Waals surface area contributed by atoms with Gasteiger partial charge >= 0.3 is 5.97 Å². The van der Waals surface area contributed by atoms with Crippen molar-refractivity contribution in [3.63, 3.8) is 0 Å². The molecule has 0 saturated heterocycles. The van der Waals surface area contributed by atoms with E-state index in [1.165, 1.54) is 24.3 Å². The number of phenols is 2. The number of hydrogen-bond donors (Lipinski definition) is 2. The van der Waals surface area contributed by atoms with Crippen molar-refractivity contribution in [2.75, 3.05) is 0 Å². The minimum atomic E-state index is -0.517. The predicted octanol–water partition coefficient (Wildman–Crippen LogP) is 3.77. The molecule has 0 bridgehead atoms. The van der Waals surface area contributed by atoms with Gasteiger partial charge in [-0.05, 0) is 29.8 Å². The van der Waals surface area contributed by atoms with Crippen LogP contribution >= 0.6 is 0 Å². The van der Waals surface area contributed by atoms with Crippen molar-refractivity contribution in [2.45, 2.75) is 12.3 Å². The number of carbonyl (C=O) groups excluding carboxylic acids is 2. The van der Waals surface area contributed by atoms with Crippen LogP contribution in [0.2, 0.25) is 0 Å². The van der Waals surface area contributed by atoms with Crippen molar-refractivity contribution in [3.8, 4) is 17.2 Å². The number of hydrogen-bond acceptors (Lipinski definition) is 5. The molecule has 1 aliphatic rings. The molecule has 27 heavy (non-hydrogen) atoms. The first-order valence-electron chi connectivity index (χ1n) is 8.50. The second-order valence-corrected chi connectivity index (χ2v) is 6.39. The Bertz CT molecular complexity index is 1040. The molecule has 5 heteroatoms. The van der Waals surface area contributed by atoms with Gasteiger partial charge in [-0.2, -0.15) is 0 Å². The minimum absolute atomic E-state index is 0.00694. The third-order valence-corrected chi connectivity index (χ3v) is 4.67. The summed E-state index contributed by atoms with van der Waals surface area (Å²) in [5.41, 5.74) is 1.63. The molecule has 0 saturated carbocycles. The third kappa shape index (κ3) is 3.04. The van der Waals surface area contributed by atoms with E-state index in [2.05, 4.69) is 0 Å². The summed E-state index contributed by atoms with van der Waals surface area (Å²) in [5, 5.41) is 20.7. The number of phenolic OH excluding ortho intramolecular Hbond substituents is 2. The van der Waals surface area contributed by atoms with Gasteiger partial charge in [-0.25, -0.2) is 0 Å². The maximum absolute atomic E-state index is 12.8. The fourth-order valence-corrected chi connectivity index (χ4v) is 3.40. The van der Waals surface area contributed by atoms with Crippen molar-refractivity contribution in [1.82, 2.24) is 0 Å². The number of benzene rings is 3. The number of ether oxygens (including phenoxy) is 1. The summed E-state index contributed by atoms with van der Waals surface area (Å²) in [5.74, 6) is -1.19. The van der Waals surface area contributed by atoms with Crippen LogP contribution in [0.3, 0.4) is 0 Å². The Morgan fingerprint density at radius 1 is 0.963 bits per heavy atom. The standard InChI is InChI=1S/C22H16O5/c23-15-8-4-7-14(11-15)17-12-19(24)27-18-10-9-16(22(26)20(17)18)21(25)13-5-2-1-3-6-13/h1-11,17,23,26H,12H2. The Morgan fingerprint density at radius 3 is 2.48 bits per heavy atom. The highest BCUT2D eigenvalue weighted by molar-refractivity contribution is 6.11. The zero-order chi connectivity index (χ0) is 19.0. The van der Waals surface area contributed by atoms with E-state index in [9.17, 15) is 19.8 Å². The first-order chi connectivity index (χ1) is 13.0. The first-order valence-corrected chi connectivity index (χ1v) is 8.50. The summed E-state index contributed by atoms with van der Waals surface area (Å²) < 4.78 is 5.26. The van der Waals surface area contributed by atoms with Crippen LogP contribution in [0.15, 0.2) is 66.7 Å². The molecule has 1 atom stereocenters. The van der Waals surface area contributed by atoms with Crippen LogP contribution in [-0.2, 0) is 4.79 Å². The van der Waals surface area contributed by atoms with Gasteiger partial charge in [-0.1, -0.05) is 42.5 Å². The molecule has 2 N–H and O–H groups in total. The predicted molar refractivity (Wildman–Crippen MR) is 98.2 cm³/mol. The zero-order valence-electron chi connectivity index (χ0n) is 14.3. The van der Waals surface area contributed by atoms with Crippen LogP contribution in [0.1, 0.15) is 39.4 Å². The number of fused-ring (bicyclic) bond motifs is 1. The van der Waals surface area contributed by atoms with E-state index in [4.69, 9.17) is 4.74 Å². The third-order valence-electron chi connectivity index (χ3n) is 4.67. The van der Waals surface area contributed by atoms with E-state index in [-0.39, 0.29) is 35.0 Å². The van der Waals surface area contributed by atoms with E-state index in [1.54, 1.807) is 42.5 Å². The highest BCUT2D eigenvalue weighted by Gasteiger charge is 2.33. The number of rotatable bonds is 3. The Labute approximate surface area is 155 Å². The molecule has 5 nitrogen and oxygen atoms in total. The smallest absolute Gasteiger partial charge is 0.312 e. The molecular formula is C22H16O5. The molecule has 0 aliphatic carbocycles.